The van der Waals surface area contributed by atoms with Gasteiger partial charge in [-0.05, 0) is 12.1 Å². The number of rotatable bonds is 3. The van der Waals surface area contributed by atoms with E-state index < -0.39 is 0 Å². The second kappa shape index (κ2) is 6.21. The largest absolute Gasteiger partial charge is 0.496 e. The van der Waals surface area contributed by atoms with Crippen molar-refractivity contribution >= 4 is 12.0 Å². The molecule has 4 nitrogen and oxygen atoms in total. The van der Waals surface area contributed by atoms with Crippen molar-refractivity contribution in [2.75, 3.05) is 33.4 Å². The van der Waals surface area contributed by atoms with Crippen molar-refractivity contribution in [1.82, 2.24) is 4.90 Å². The van der Waals surface area contributed by atoms with Crippen molar-refractivity contribution in [2.24, 2.45) is 0 Å². The second-order valence-electron chi connectivity index (χ2n) is 4.01. The molecule has 1 aliphatic rings. The van der Waals surface area contributed by atoms with Gasteiger partial charge >= 0.3 is 0 Å². The van der Waals surface area contributed by atoms with Crippen molar-refractivity contribution in [3.8, 4) is 5.75 Å². The van der Waals surface area contributed by atoms with Crippen LogP contribution in [0.4, 0.5) is 0 Å². The van der Waals surface area contributed by atoms with Crippen LogP contribution in [-0.2, 0) is 9.53 Å². The molecule has 1 aromatic carbocycles. The number of carbonyl (C=O) groups is 1. The molecule has 0 unspecified atom stereocenters. The van der Waals surface area contributed by atoms with Crippen LogP contribution in [0.25, 0.3) is 6.08 Å². The van der Waals surface area contributed by atoms with Crippen LogP contribution in [0.2, 0.25) is 0 Å². The highest BCUT2D eigenvalue weighted by molar-refractivity contribution is 5.92. The molecule has 0 bridgehead atoms. The lowest BCUT2D eigenvalue weighted by Gasteiger charge is -2.25. The summed E-state index contributed by atoms with van der Waals surface area (Å²) in [6, 6.07) is 7.61. The normalized spacial score (nSPS) is 15.9. The van der Waals surface area contributed by atoms with E-state index in [0.29, 0.717) is 26.3 Å². The Hall–Kier alpha value is -1.81. The monoisotopic (exact) mass is 247 g/mol. The average molecular weight is 247 g/mol. The molecule has 1 heterocycles. The molecule has 0 saturated carbocycles. The molecule has 0 aromatic heterocycles. The van der Waals surface area contributed by atoms with Crippen LogP contribution in [0.5, 0.6) is 5.75 Å². The Bertz CT molecular complexity index is 436. The van der Waals surface area contributed by atoms with Crippen LogP contribution in [0.15, 0.2) is 30.3 Å². The molecule has 1 fully saturated rings. The molecule has 1 aromatic rings. The van der Waals surface area contributed by atoms with Crippen LogP contribution >= 0.6 is 0 Å². The van der Waals surface area contributed by atoms with Gasteiger partial charge in [0, 0.05) is 24.7 Å². The van der Waals surface area contributed by atoms with Gasteiger partial charge in [-0.3, -0.25) is 4.79 Å². The van der Waals surface area contributed by atoms with E-state index in [1.807, 2.05) is 24.3 Å². The summed E-state index contributed by atoms with van der Waals surface area (Å²) < 4.78 is 10.4. The molecule has 1 amide bonds. The summed E-state index contributed by atoms with van der Waals surface area (Å²) >= 11 is 0. The molecule has 1 saturated heterocycles. The van der Waals surface area contributed by atoms with Gasteiger partial charge in [0.15, 0.2) is 0 Å². The molecule has 1 aliphatic heterocycles. The van der Waals surface area contributed by atoms with Crippen LogP contribution in [0.1, 0.15) is 5.56 Å². The van der Waals surface area contributed by atoms with E-state index in [0.717, 1.165) is 11.3 Å². The standard InChI is InChI=1S/C14H17NO3/c1-17-13-5-3-2-4-12(13)6-7-14(16)15-8-10-18-11-9-15/h2-7H,8-11H2,1H3/b7-6+. The van der Waals surface area contributed by atoms with E-state index in [1.165, 1.54) is 0 Å². The number of methoxy groups -OCH3 is 1. The fourth-order valence-corrected chi connectivity index (χ4v) is 1.85. The maximum atomic E-state index is 11.9. The van der Waals surface area contributed by atoms with Crippen molar-refractivity contribution in [1.29, 1.82) is 0 Å². The minimum atomic E-state index is 0.0178. The van der Waals surface area contributed by atoms with Gasteiger partial charge in [0.1, 0.15) is 5.75 Å². The smallest absolute Gasteiger partial charge is 0.246 e. The fraction of sp³-hybridized carbons (Fsp3) is 0.357. The maximum Gasteiger partial charge on any atom is 0.246 e. The number of benzene rings is 1. The summed E-state index contributed by atoms with van der Waals surface area (Å²) in [7, 11) is 1.62. The third kappa shape index (κ3) is 3.11. The van der Waals surface area contributed by atoms with Crippen molar-refractivity contribution in [2.45, 2.75) is 0 Å². The van der Waals surface area contributed by atoms with E-state index >= 15 is 0 Å². The average Bonchev–Trinajstić information content (AvgIpc) is 2.46. The number of nitrogens with zero attached hydrogens (tertiary/aromatic N) is 1. The molecular weight excluding hydrogens is 230 g/mol. The zero-order valence-electron chi connectivity index (χ0n) is 10.5. The topological polar surface area (TPSA) is 38.8 Å². The van der Waals surface area contributed by atoms with Gasteiger partial charge in [-0.1, -0.05) is 18.2 Å². The van der Waals surface area contributed by atoms with Gasteiger partial charge in [0.05, 0.1) is 20.3 Å². The zero-order chi connectivity index (χ0) is 12.8. The number of ether oxygens (including phenoxy) is 2. The Morgan fingerprint density at radius 1 is 1.33 bits per heavy atom. The van der Waals surface area contributed by atoms with Crippen LogP contribution in [-0.4, -0.2) is 44.2 Å². The van der Waals surface area contributed by atoms with Crippen molar-refractivity contribution < 1.29 is 14.3 Å². The van der Waals surface area contributed by atoms with Gasteiger partial charge in [-0.2, -0.15) is 0 Å². The zero-order valence-corrected chi connectivity index (χ0v) is 10.5. The van der Waals surface area contributed by atoms with E-state index in [1.54, 1.807) is 24.2 Å². The molecule has 4 heteroatoms. The van der Waals surface area contributed by atoms with E-state index in [4.69, 9.17) is 9.47 Å². The Labute approximate surface area is 107 Å². The first kappa shape index (κ1) is 12.6. The van der Waals surface area contributed by atoms with E-state index in [-0.39, 0.29) is 5.91 Å². The molecule has 0 atom stereocenters. The van der Waals surface area contributed by atoms with Gasteiger partial charge in [-0.25, -0.2) is 0 Å². The number of morpholine rings is 1. The summed E-state index contributed by atoms with van der Waals surface area (Å²) in [6.45, 7) is 2.56. The van der Waals surface area contributed by atoms with Crippen molar-refractivity contribution in [3.63, 3.8) is 0 Å². The highest BCUT2D eigenvalue weighted by atomic mass is 16.5. The highest BCUT2D eigenvalue weighted by Crippen LogP contribution is 2.18. The summed E-state index contributed by atoms with van der Waals surface area (Å²) in [5.41, 5.74) is 0.904. The molecule has 0 aliphatic carbocycles. The Morgan fingerprint density at radius 3 is 2.78 bits per heavy atom. The van der Waals surface area contributed by atoms with Crippen LogP contribution in [0.3, 0.4) is 0 Å². The minimum Gasteiger partial charge on any atom is -0.496 e. The second-order valence-corrected chi connectivity index (χ2v) is 4.01. The highest BCUT2D eigenvalue weighted by Gasteiger charge is 2.14. The number of hydrogen-bond donors (Lipinski definition) is 0. The third-order valence-electron chi connectivity index (χ3n) is 2.87. The summed E-state index contributed by atoms with van der Waals surface area (Å²) in [6.07, 6.45) is 3.37. The van der Waals surface area contributed by atoms with Gasteiger partial charge in [0.25, 0.3) is 0 Å². The van der Waals surface area contributed by atoms with Crippen LogP contribution in [0, 0.1) is 0 Å². The summed E-state index contributed by atoms with van der Waals surface area (Å²) in [5.74, 6) is 0.785. The molecule has 0 N–H and O–H groups in total. The van der Waals surface area contributed by atoms with Crippen molar-refractivity contribution in [3.05, 3.63) is 35.9 Å². The van der Waals surface area contributed by atoms with E-state index in [2.05, 4.69) is 0 Å². The first-order chi connectivity index (χ1) is 8.81. The lowest BCUT2D eigenvalue weighted by Crippen LogP contribution is -2.39. The maximum absolute atomic E-state index is 11.9. The number of amides is 1. The summed E-state index contributed by atoms with van der Waals surface area (Å²) in [5, 5.41) is 0. The van der Waals surface area contributed by atoms with Gasteiger partial charge in [-0.15, -0.1) is 0 Å². The number of para-hydroxylation sites is 1. The summed E-state index contributed by atoms with van der Waals surface area (Å²) in [4.78, 5) is 13.7. The Balaban J connectivity index is 2.03. The SMILES string of the molecule is COc1ccccc1/C=C/C(=O)N1CCOCC1. The lowest BCUT2D eigenvalue weighted by atomic mass is 10.2. The molecule has 96 valence electrons. The van der Waals surface area contributed by atoms with Gasteiger partial charge in [0.2, 0.25) is 5.91 Å². The predicted octanol–water partition coefficient (Wildman–Crippen LogP) is 1.57. The molecule has 0 spiro atoms. The van der Waals surface area contributed by atoms with Gasteiger partial charge < -0.3 is 14.4 Å². The first-order valence-electron chi connectivity index (χ1n) is 5.99. The van der Waals surface area contributed by atoms with E-state index in [9.17, 15) is 4.79 Å². The lowest BCUT2D eigenvalue weighted by molar-refractivity contribution is -0.129. The predicted molar refractivity (Wildman–Crippen MR) is 69.4 cm³/mol. The van der Waals surface area contributed by atoms with Crippen LogP contribution < -0.4 is 4.74 Å². The molecule has 18 heavy (non-hydrogen) atoms. The minimum absolute atomic E-state index is 0.0178. The molecule has 0 radical (unpaired) electrons. The Morgan fingerprint density at radius 2 is 2.06 bits per heavy atom. The molecule has 2 rings (SSSR count). The molecular formula is C14H17NO3. The Kier molecular flexibility index (Phi) is 4.36. The number of carbonyl (C=O) groups excluding carboxylic acids is 1. The number of hydrogen-bond acceptors (Lipinski definition) is 3. The first-order valence-corrected chi connectivity index (χ1v) is 5.99. The fourth-order valence-electron chi connectivity index (χ4n) is 1.85. The quantitative estimate of drug-likeness (QED) is 0.761. The third-order valence-corrected chi connectivity index (χ3v) is 2.87.